The highest BCUT2D eigenvalue weighted by molar-refractivity contribution is 14.0. The van der Waals surface area contributed by atoms with Gasteiger partial charge in [-0.25, -0.2) is 0 Å². The summed E-state index contributed by atoms with van der Waals surface area (Å²) in [4.78, 5) is 6.58. The first-order valence-corrected chi connectivity index (χ1v) is 7.36. The van der Waals surface area contributed by atoms with E-state index in [1.54, 1.807) is 0 Å². The smallest absolute Gasteiger partial charge is 0.193 e. The van der Waals surface area contributed by atoms with Gasteiger partial charge in [-0.05, 0) is 24.8 Å². The lowest BCUT2D eigenvalue weighted by Gasteiger charge is -2.22. The van der Waals surface area contributed by atoms with Gasteiger partial charge in [-0.3, -0.25) is 4.99 Å². The van der Waals surface area contributed by atoms with Crippen LogP contribution >= 0.6 is 24.0 Å². The molecule has 1 aromatic rings. The second-order valence-electron chi connectivity index (χ2n) is 5.40. The molecule has 0 spiro atoms. The van der Waals surface area contributed by atoms with Crippen LogP contribution in [0, 0.1) is 0 Å². The van der Waals surface area contributed by atoms with Crippen LogP contribution in [0.1, 0.15) is 30.7 Å². The van der Waals surface area contributed by atoms with Gasteiger partial charge < -0.3 is 10.2 Å². The lowest BCUT2D eigenvalue weighted by molar-refractivity contribution is 0.469. The molecular formula is C17H26IN3. The highest BCUT2D eigenvalue weighted by Gasteiger charge is 2.39. The van der Waals surface area contributed by atoms with Crippen molar-refractivity contribution in [2.75, 3.05) is 20.6 Å². The molecule has 1 N–H and O–H groups in total. The molecule has 1 aromatic carbocycles. The number of aliphatic imine (C=N–C) groups is 1. The fourth-order valence-corrected chi connectivity index (χ4v) is 2.51. The molecule has 1 saturated carbocycles. The van der Waals surface area contributed by atoms with Crippen LogP contribution < -0.4 is 5.32 Å². The van der Waals surface area contributed by atoms with E-state index in [9.17, 15) is 0 Å². The molecule has 2 rings (SSSR count). The molecule has 1 aliphatic carbocycles. The first-order chi connectivity index (χ1) is 9.76. The number of hydrogen-bond acceptors (Lipinski definition) is 1. The molecule has 21 heavy (non-hydrogen) atoms. The molecule has 0 saturated heterocycles. The first kappa shape index (κ1) is 18.0. The van der Waals surface area contributed by atoms with Gasteiger partial charge in [0.1, 0.15) is 0 Å². The summed E-state index contributed by atoms with van der Waals surface area (Å²) >= 11 is 0. The summed E-state index contributed by atoms with van der Waals surface area (Å²) in [5.41, 5.74) is 1.43. The maximum absolute atomic E-state index is 4.38. The standard InChI is InChI=1S/C17H25N3.HI/c1-4-5-9-12-20(3)17(18-2)19-16-13-15(16)14-10-7-6-8-11-14;/h4,6-8,10-11,15-16H,1,5,9,12-13H2,2-3H3,(H,18,19);1H. The first-order valence-electron chi connectivity index (χ1n) is 7.36. The van der Waals surface area contributed by atoms with Crippen LogP contribution in [-0.2, 0) is 0 Å². The molecular weight excluding hydrogens is 373 g/mol. The Bertz CT molecular complexity index is 458. The van der Waals surface area contributed by atoms with Crippen LogP contribution in [0.15, 0.2) is 48.0 Å². The van der Waals surface area contributed by atoms with Crippen molar-refractivity contribution in [3.63, 3.8) is 0 Å². The maximum Gasteiger partial charge on any atom is 0.193 e. The number of rotatable bonds is 6. The Morgan fingerprint density at radius 3 is 2.76 bits per heavy atom. The molecule has 0 bridgehead atoms. The van der Waals surface area contributed by atoms with Crippen LogP contribution in [0.4, 0.5) is 0 Å². The Morgan fingerprint density at radius 2 is 2.14 bits per heavy atom. The zero-order chi connectivity index (χ0) is 14.4. The summed E-state index contributed by atoms with van der Waals surface area (Å²) in [6, 6.07) is 11.2. The number of halogens is 1. The molecule has 1 aliphatic rings. The number of nitrogens with zero attached hydrogens (tertiary/aromatic N) is 2. The lowest BCUT2D eigenvalue weighted by Crippen LogP contribution is -2.40. The zero-order valence-electron chi connectivity index (χ0n) is 13.0. The van der Waals surface area contributed by atoms with Gasteiger partial charge in [-0.1, -0.05) is 36.4 Å². The number of unbranched alkanes of at least 4 members (excludes halogenated alkanes) is 1. The number of allylic oxidation sites excluding steroid dienone is 1. The van der Waals surface area contributed by atoms with E-state index >= 15 is 0 Å². The van der Waals surface area contributed by atoms with Gasteiger partial charge >= 0.3 is 0 Å². The quantitative estimate of drug-likeness (QED) is 0.260. The summed E-state index contributed by atoms with van der Waals surface area (Å²) in [5.74, 6) is 1.63. The van der Waals surface area contributed by atoms with Crippen LogP contribution in [0.3, 0.4) is 0 Å². The van der Waals surface area contributed by atoms with Gasteiger partial charge in [0, 0.05) is 32.6 Å². The Hall–Kier alpha value is -1.04. The lowest BCUT2D eigenvalue weighted by atomic mass is 10.1. The summed E-state index contributed by atoms with van der Waals surface area (Å²) in [5, 5.41) is 3.57. The molecule has 2 unspecified atom stereocenters. The van der Waals surface area contributed by atoms with Gasteiger partial charge in [-0.15, -0.1) is 30.6 Å². The normalized spacial score (nSPS) is 20.4. The van der Waals surface area contributed by atoms with E-state index in [0.29, 0.717) is 12.0 Å². The predicted molar refractivity (Wildman–Crippen MR) is 102 cm³/mol. The molecule has 116 valence electrons. The second kappa shape index (κ2) is 9.07. The average molecular weight is 399 g/mol. The largest absolute Gasteiger partial charge is 0.353 e. The van der Waals surface area contributed by atoms with Crippen molar-refractivity contribution in [3.05, 3.63) is 48.6 Å². The van der Waals surface area contributed by atoms with Crippen LogP contribution in [0.25, 0.3) is 0 Å². The Balaban J connectivity index is 0.00000220. The Labute approximate surface area is 145 Å². The number of hydrogen-bond donors (Lipinski definition) is 1. The monoisotopic (exact) mass is 399 g/mol. The van der Waals surface area contributed by atoms with E-state index in [-0.39, 0.29) is 24.0 Å². The van der Waals surface area contributed by atoms with E-state index < -0.39 is 0 Å². The SMILES string of the molecule is C=CCCCN(C)C(=NC)NC1CC1c1ccccc1.I. The summed E-state index contributed by atoms with van der Waals surface area (Å²) < 4.78 is 0. The van der Waals surface area contributed by atoms with Crippen LogP contribution in [0.2, 0.25) is 0 Å². The van der Waals surface area contributed by atoms with Crippen molar-refractivity contribution in [1.82, 2.24) is 10.2 Å². The highest BCUT2D eigenvalue weighted by atomic mass is 127. The molecule has 1 fully saturated rings. The van der Waals surface area contributed by atoms with Gasteiger partial charge in [0.2, 0.25) is 0 Å². The van der Waals surface area contributed by atoms with E-state index in [1.165, 1.54) is 12.0 Å². The van der Waals surface area contributed by atoms with E-state index in [0.717, 1.165) is 25.3 Å². The summed E-state index contributed by atoms with van der Waals surface area (Å²) in [6.45, 7) is 4.77. The highest BCUT2D eigenvalue weighted by Crippen LogP contribution is 2.40. The molecule has 0 heterocycles. The van der Waals surface area contributed by atoms with Crippen molar-refractivity contribution in [2.45, 2.75) is 31.2 Å². The third-order valence-electron chi connectivity index (χ3n) is 3.81. The van der Waals surface area contributed by atoms with E-state index in [4.69, 9.17) is 0 Å². The third kappa shape index (κ3) is 5.34. The number of benzene rings is 1. The Kier molecular flexibility index (Phi) is 7.78. The van der Waals surface area contributed by atoms with Crippen LogP contribution in [-0.4, -0.2) is 37.5 Å². The van der Waals surface area contributed by atoms with Gasteiger partial charge in [0.25, 0.3) is 0 Å². The van der Waals surface area contributed by atoms with Gasteiger partial charge in [0.15, 0.2) is 5.96 Å². The predicted octanol–water partition coefficient (Wildman–Crippen LogP) is 3.63. The molecule has 0 amide bonds. The van der Waals surface area contributed by atoms with Gasteiger partial charge in [-0.2, -0.15) is 0 Å². The van der Waals surface area contributed by atoms with Crippen molar-refractivity contribution in [2.24, 2.45) is 4.99 Å². The van der Waals surface area contributed by atoms with Crippen molar-refractivity contribution >= 4 is 29.9 Å². The van der Waals surface area contributed by atoms with Crippen molar-refractivity contribution in [3.8, 4) is 0 Å². The molecule has 0 radical (unpaired) electrons. The molecule has 2 atom stereocenters. The van der Waals surface area contributed by atoms with Crippen molar-refractivity contribution < 1.29 is 0 Å². The molecule has 0 aromatic heterocycles. The minimum Gasteiger partial charge on any atom is -0.353 e. The van der Waals surface area contributed by atoms with Crippen LogP contribution in [0.5, 0.6) is 0 Å². The van der Waals surface area contributed by atoms with E-state index in [2.05, 4.69) is 59.2 Å². The summed E-state index contributed by atoms with van der Waals surface area (Å²) in [6.07, 6.45) is 5.34. The van der Waals surface area contributed by atoms with Crippen molar-refractivity contribution in [1.29, 1.82) is 0 Å². The summed E-state index contributed by atoms with van der Waals surface area (Å²) in [7, 11) is 3.95. The number of nitrogens with one attached hydrogen (secondary N) is 1. The topological polar surface area (TPSA) is 27.6 Å². The maximum atomic E-state index is 4.38. The Morgan fingerprint density at radius 1 is 1.43 bits per heavy atom. The minimum atomic E-state index is 0. The fourth-order valence-electron chi connectivity index (χ4n) is 2.51. The fraction of sp³-hybridized carbons (Fsp3) is 0.471. The zero-order valence-corrected chi connectivity index (χ0v) is 15.3. The molecule has 3 nitrogen and oxygen atoms in total. The van der Waals surface area contributed by atoms with Gasteiger partial charge in [0.05, 0.1) is 0 Å². The number of guanidine groups is 1. The molecule has 4 heteroatoms. The van der Waals surface area contributed by atoms with E-state index in [1.807, 2.05) is 13.1 Å². The second-order valence-corrected chi connectivity index (χ2v) is 5.40. The third-order valence-corrected chi connectivity index (χ3v) is 3.81. The average Bonchev–Trinajstić information content (AvgIpc) is 3.25. The molecule has 0 aliphatic heterocycles. The minimum absolute atomic E-state index is 0.